The van der Waals surface area contributed by atoms with E-state index in [0.29, 0.717) is 5.92 Å². The lowest BCUT2D eigenvalue weighted by Gasteiger charge is -2.42. The summed E-state index contributed by atoms with van der Waals surface area (Å²) in [5.74, 6) is 0.403. The molecule has 1 aromatic carbocycles. The van der Waals surface area contributed by atoms with Crippen LogP contribution in [0.2, 0.25) is 0 Å². The molecule has 1 fully saturated rings. The first-order valence-corrected chi connectivity index (χ1v) is 7.94. The summed E-state index contributed by atoms with van der Waals surface area (Å²) in [5, 5.41) is -0.174. The number of hydrogen-bond donors (Lipinski definition) is 0. The van der Waals surface area contributed by atoms with E-state index in [1.807, 2.05) is 0 Å². The number of rotatable bonds is 2. The van der Waals surface area contributed by atoms with Gasteiger partial charge in [0.15, 0.2) is 0 Å². The summed E-state index contributed by atoms with van der Waals surface area (Å²) in [4.78, 5) is 11.3. The highest BCUT2D eigenvalue weighted by atomic mass is 35.5. The third kappa shape index (κ3) is 2.20. The second-order valence-corrected chi connectivity index (χ2v) is 8.20. The summed E-state index contributed by atoms with van der Waals surface area (Å²) in [7, 11) is 0. The molecule has 108 valence electrons. The fourth-order valence-electron chi connectivity index (χ4n) is 3.65. The molecule has 0 amide bonds. The maximum atomic E-state index is 11.3. The Bertz CT molecular complexity index is 571. The average molecular weight is 291 g/mol. The van der Waals surface area contributed by atoms with E-state index < -0.39 is 0 Å². The molecule has 0 aliphatic heterocycles. The number of halogens is 1. The van der Waals surface area contributed by atoms with Gasteiger partial charge in [-0.05, 0) is 64.3 Å². The van der Waals surface area contributed by atoms with Gasteiger partial charge in [-0.2, -0.15) is 0 Å². The minimum absolute atomic E-state index is 0.0504. The van der Waals surface area contributed by atoms with E-state index in [1.54, 1.807) is 0 Å². The van der Waals surface area contributed by atoms with Crippen molar-refractivity contribution in [2.45, 2.75) is 63.7 Å². The number of benzene rings is 1. The molecule has 1 saturated carbocycles. The predicted octanol–water partition coefficient (Wildman–Crippen LogP) is 4.90. The van der Waals surface area contributed by atoms with Gasteiger partial charge >= 0.3 is 0 Å². The van der Waals surface area contributed by atoms with Crippen LogP contribution in [0.5, 0.6) is 0 Å². The van der Waals surface area contributed by atoms with Gasteiger partial charge in [-0.15, -0.1) is 0 Å². The minimum atomic E-state index is -0.174. The van der Waals surface area contributed by atoms with Crippen molar-refractivity contribution in [2.24, 2.45) is 5.92 Å². The predicted molar refractivity (Wildman–Crippen MR) is 83.4 cm³/mol. The van der Waals surface area contributed by atoms with Crippen molar-refractivity contribution in [3.63, 3.8) is 0 Å². The molecule has 0 spiro atoms. The van der Waals surface area contributed by atoms with Gasteiger partial charge in [-0.25, -0.2) is 0 Å². The van der Waals surface area contributed by atoms with Crippen molar-refractivity contribution in [2.75, 3.05) is 0 Å². The lowest BCUT2D eigenvalue weighted by molar-refractivity contribution is -0.112. The quantitative estimate of drug-likeness (QED) is 0.708. The normalized spacial score (nSPS) is 29.6. The lowest BCUT2D eigenvalue weighted by Crippen LogP contribution is -2.33. The van der Waals surface area contributed by atoms with Gasteiger partial charge in [0, 0.05) is 5.92 Å². The van der Waals surface area contributed by atoms with E-state index in [4.69, 9.17) is 11.6 Å². The molecule has 1 nitrogen and oxygen atoms in total. The third-order valence-electron chi connectivity index (χ3n) is 5.39. The number of fused-ring (bicyclic) bond motifs is 1. The molecular formula is C18H23ClO. The SMILES string of the molecule is CC1(C)CCC(C)(C)c2cc(C3CC3C(=O)Cl)ccc21. The van der Waals surface area contributed by atoms with Crippen LogP contribution in [0.25, 0.3) is 0 Å². The molecular weight excluding hydrogens is 268 g/mol. The molecule has 0 heterocycles. The van der Waals surface area contributed by atoms with Gasteiger partial charge in [0.05, 0.1) is 0 Å². The highest BCUT2D eigenvalue weighted by Gasteiger charge is 2.44. The Morgan fingerprint density at radius 1 is 1.10 bits per heavy atom. The summed E-state index contributed by atoms with van der Waals surface area (Å²) in [6, 6.07) is 6.85. The molecule has 2 aliphatic carbocycles. The second-order valence-electron chi connectivity index (χ2n) is 7.83. The maximum Gasteiger partial charge on any atom is 0.225 e. The smallest absolute Gasteiger partial charge is 0.225 e. The van der Waals surface area contributed by atoms with E-state index in [0.717, 1.165) is 6.42 Å². The van der Waals surface area contributed by atoms with Crippen LogP contribution in [0.15, 0.2) is 18.2 Å². The molecule has 0 N–H and O–H groups in total. The second kappa shape index (κ2) is 4.34. The molecule has 20 heavy (non-hydrogen) atoms. The van der Waals surface area contributed by atoms with E-state index in [1.165, 1.54) is 29.5 Å². The average Bonchev–Trinajstić information content (AvgIpc) is 3.15. The molecule has 0 aromatic heterocycles. The van der Waals surface area contributed by atoms with Crippen LogP contribution in [0.4, 0.5) is 0 Å². The topological polar surface area (TPSA) is 17.1 Å². The van der Waals surface area contributed by atoms with Crippen molar-refractivity contribution in [1.82, 2.24) is 0 Å². The van der Waals surface area contributed by atoms with Gasteiger partial charge in [-0.1, -0.05) is 45.9 Å². The lowest BCUT2D eigenvalue weighted by atomic mass is 9.63. The first-order valence-electron chi connectivity index (χ1n) is 7.57. The first kappa shape index (κ1) is 14.1. The van der Waals surface area contributed by atoms with E-state index in [2.05, 4.69) is 45.9 Å². The monoisotopic (exact) mass is 290 g/mol. The molecule has 2 atom stereocenters. The van der Waals surface area contributed by atoms with Crippen molar-refractivity contribution >= 4 is 16.8 Å². The van der Waals surface area contributed by atoms with Crippen LogP contribution in [0.1, 0.15) is 69.6 Å². The van der Waals surface area contributed by atoms with Crippen LogP contribution >= 0.6 is 11.6 Å². The van der Waals surface area contributed by atoms with Gasteiger partial charge in [-0.3, -0.25) is 4.79 Å². The molecule has 0 radical (unpaired) electrons. The van der Waals surface area contributed by atoms with Gasteiger partial charge in [0.25, 0.3) is 0 Å². The zero-order chi connectivity index (χ0) is 14.7. The van der Waals surface area contributed by atoms with Crippen molar-refractivity contribution in [1.29, 1.82) is 0 Å². The van der Waals surface area contributed by atoms with Crippen LogP contribution in [-0.2, 0) is 15.6 Å². The van der Waals surface area contributed by atoms with Crippen LogP contribution < -0.4 is 0 Å². The van der Waals surface area contributed by atoms with E-state index >= 15 is 0 Å². The largest absolute Gasteiger partial charge is 0.281 e. The Kier molecular flexibility index (Phi) is 3.06. The van der Waals surface area contributed by atoms with Crippen LogP contribution in [0.3, 0.4) is 0 Å². The number of carbonyl (C=O) groups excluding carboxylic acids is 1. The summed E-state index contributed by atoms with van der Waals surface area (Å²) in [5.41, 5.74) is 4.74. The standard InChI is InChI=1S/C18H23ClO/c1-17(2)7-8-18(3,4)15-9-11(5-6-14(15)17)12-10-13(12)16(19)20/h5-6,9,12-13H,7-8,10H2,1-4H3. The highest BCUT2D eigenvalue weighted by molar-refractivity contribution is 6.64. The summed E-state index contributed by atoms with van der Waals surface area (Å²) < 4.78 is 0. The Morgan fingerprint density at radius 3 is 2.25 bits per heavy atom. The molecule has 2 heteroatoms. The zero-order valence-corrected chi connectivity index (χ0v) is 13.6. The molecule has 0 bridgehead atoms. The summed E-state index contributed by atoms with van der Waals surface area (Å²) in [6.07, 6.45) is 3.38. The van der Waals surface area contributed by atoms with Gasteiger partial charge in [0.1, 0.15) is 0 Å². The zero-order valence-electron chi connectivity index (χ0n) is 12.8. The number of hydrogen-bond acceptors (Lipinski definition) is 1. The van der Waals surface area contributed by atoms with Gasteiger partial charge < -0.3 is 0 Å². The van der Waals surface area contributed by atoms with Crippen molar-refractivity contribution in [3.8, 4) is 0 Å². The van der Waals surface area contributed by atoms with Gasteiger partial charge in [0.2, 0.25) is 5.24 Å². The van der Waals surface area contributed by atoms with Crippen LogP contribution in [-0.4, -0.2) is 5.24 Å². The molecule has 3 rings (SSSR count). The Hall–Kier alpha value is -0.820. The Labute approximate surface area is 126 Å². The molecule has 0 saturated heterocycles. The van der Waals surface area contributed by atoms with E-state index in [-0.39, 0.29) is 22.0 Å². The minimum Gasteiger partial charge on any atom is -0.281 e. The Balaban J connectivity index is 2.01. The number of carbonyl (C=O) groups is 1. The highest BCUT2D eigenvalue weighted by Crippen LogP contribution is 2.52. The Morgan fingerprint density at radius 2 is 1.70 bits per heavy atom. The fourth-order valence-corrected chi connectivity index (χ4v) is 3.89. The van der Waals surface area contributed by atoms with Crippen molar-refractivity contribution < 1.29 is 4.79 Å². The molecule has 2 unspecified atom stereocenters. The summed E-state index contributed by atoms with van der Waals surface area (Å²) >= 11 is 5.63. The van der Waals surface area contributed by atoms with Crippen molar-refractivity contribution in [3.05, 3.63) is 34.9 Å². The van der Waals surface area contributed by atoms with Crippen LogP contribution in [0, 0.1) is 5.92 Å². The maximum absolute atomic E-state index is 11.3. The van der Waals surface area contributed by atoms with E-state index in [9.17, 15) is 4.79 Å². The summed E-state index contributed by atoms with van der Waals surface area (Å²) in [6.45, 7) is 9.34. The molecule has 1 aromatic rings. The third-order valence-corrected chi connectivity index (χ3v) is 5.67. The molecule has 2 aliphatic rings. The first-order chi connectivity index (χ1) is 9.22. The fraction of sp³-hybridized carbons (Fsp3) is 0.611.